The van der Waals surface area contributed by atoms with Crippen LogP contribution in [0.15, 0.2) is 46.6 Å². The minimum Gasteiger partial charge on any atom is -0.0895 e. The van der Waals surface area contributed by atoms with Gasteiger partial charge in [-0.15, -0.1) is 0 Å². The van der Waals surface area contributed by atoms with Crippen molar-refractivity contribution < 1.29 is 0 Å². The second kappa shape index (κ2) is 6.73. The summed E-state index contributed by atoms with van der Waals surface area (Å²) in [5, 5.41) is 0.804. The quantitative estimate of drug-likeness (QED) is 0.579. The molecule has 13 heavy (non-hydrogen) atoms. The number of halogens is 1. The third kappa shape index (κ3) is 6.41. The SMILES string of the molecule is CC=CC=C(C)C(C)=CC=C(C)Cl. The zero-order valence-electron chi connectivity index (χ0n) is 8.76. The summed E-state index contributed by atoms with van der Waals surface area (Å²) >= 11 is 5.71. The molecule has 0 aromatic carbocycles. The molecule has 0 atom stereocenters. The molecule has 0 radical (unpaired) electrons. The molecule has 0 fully saturated rings. The van der Waals surface area contributed by atoms with Crippen LogP contribution in [0.5, 0.6) is 0 Å². The highest BCUT2D eigenvalue weighted by molar-refractivity contribution is 6.29. The van der Waals surface area contributed by atoms with E-state index in [4.69, 9.17) is 11.6 Å². The van der Waals surface area contributed by atoms with Crippen molar-refractivity contribution >= 4 is 11.6 Å². The Kier molecular flexibility index (Phi) is 6.34. The van der Waals surface area contributed by atoms with Gasteiger partial charge in [-0.2, -0.15) is 0 Å². The van der Waals surface area contributed by atoms with Gasteiger partial charge in [0.2, 0.25) is 0 Å². The zero-order chi connectivity index (χ0) is 10.3. The first-order chi connectivity index (χ1) is 6.07. The number of allylic oxidation sites excluding steroid dienone is 8. The highest BCUT2D eigenvalue weighted by Gasteiger charge is 1.88. The van der Waals surface area contributed by atoms with Crippen LogP contribution in [0.25, 0.3) is 0 Å². The molecule has 0 aromatic heterocycles. The van der Waals surface area contributed by atoms with E-state index >= 15 is 0 Å². The van der Waals surface area contributed by atoms with Crippen molar-refractivity contribution in [3.05, 3.63) is 46.6 Å². The van der Waals surface area contributed by atoms with Gasteiger partial charge >= 0.3 is 0 Å². The van der Waals surface area contributed by atoms with Crippen LogP contribution in [0.2, 0.25) is 0 Å². The summed E-state index contributed by atoms with van der Waals surface area (Å²) in [6.07, 6.45) is 10.1. The number of rotatable bonds is 3. The minimum atomic E-state index is 0.804. The summed E-state index contributed by atoms with van der Waals surface area (Å²) in [5.74, 6) is 0. The molecular formula is C12H17Cl. The molecule has 0 N–H and O–H groups in total. The molecule has 72 valence electrons. The molecular weight excluding hydrogens is 180 g/mol. The van der Waals surface area contributed by atoms with Crippen LogP contribution in [0, 0.1) is 0 Å². The van der Waals surface area contributed by atoms with Gasteiger partial charge in [0.25, 0.3) is 0 Å². The summed E-state index contributed by atoms with van der Waals surface area (Å²) < 4.78 is 0. The van der Waals surface area contributed by atoms with Gasteiger partial charge < -0.3 is 0 Å². The molecule has 0 bridgehead atoms. The first-order valence-corrected chi connectivity index (χ1v) is 4.76. The number of hydrogen-bond donors (Lipinski definition) is 0. The Bertz CT molecular complexity index is 261. The van der Waals surface area contributed by atoms with Crippen LogP contribution in [-0.4, -0.2) is 0 Å². The summed E-state index contributed by atoms with van der Waals surface area (Å²) in [4.78, 5) is 0. The van der Waals surface area contributed by atoms with Gasteiger partial charge in [0, 0.05) is 5.03 Å². The Morgan fingerprint density at radius 2 is 1.46 bits per heavy atom. The van der Waals surface area contributed by atoms with Crippen molar-refractivity contribution in [3.8, 4) is 0 Å². The molecule has 0 aromatic rings. The van der Waals surface area contributed by atoms with Gasteiger partial charge in [0.1, 0.15) is 0 Å². The highest BCUT2D eigenvalue weighted by atomic mass is 35.5. The fraction of sp³-hybridized carbons (Fsp3) is 0.333. The third-order valence-electron chi connectivity index (χ3n) is 1.72. The van der Waals surface area contributed by atoms with Crippen LogP contribution in [0.4, 0.5) is 0 Å². The van der Waals surface area contributed by atoms with E-state index in [0.717, 1.165) is 5.03 Å². The molecule has 0 amide bonds. The molecule has 0 spiro atoms. The highest BCUT2D eigenvalue weighted by Crippen LogP contribution is 2.09. The fourth-order valence-corrected chi connectivity index (χ4v) is 0.806. The van der Waals surface area contributed by atoms with Crippen molar-refractivity contribution in [1.82, 2.24) is 0 Å². The van der Waals surface area contributed by atoms with Crippen molar-refractivity contribution in [1.29, 1.82) is 0 Å². The molecule has 0 aliphatic rings. The normalized spacial score (nSPS) is 15.6. The second-order valence-electron chi connectivity index (χ2n) is 2.98. The van der Waals surface area contributed by atoms with E-state index in [1.807, 2.05) is 38.2 Å². The van der Waals surface area contributed by atoms with Gasteiger partial charge in [-0.25, -0.2) is 0 Å². The third-order valence-corrected chi connectivity index (χ3v) is 1.85. The maximum atomic E-state index is 5.71. The van der Waals surface area contributed by atoms with E-state index in [-0.39, 0.29) is 0 Å². The van der Waals surface area contributed by atoms with E-state index in [0.29, 0.717) is 0 Å². The summed E-state index contributed by atoms with van der Waals surface area (Å²) in [5.41, 5.74) is 2.49. The first-order valence-electron chi connectivity index (χ1n) is 4.38. The Morgan fingerprint density at radius 1 is 0.923 bits per heavy atom. The fourth-order valence-electron chi connectivity index (χ4n) is 0.743. The smallest absolute Gasteiger partial charge is 0.0150 e. The van der Waals surface area contributed by atoms with Crippen molar-refractivity contribution in [2.75, 3.05) is 0 Å². The minimum absolute atomic E-state index is 0.804. The first kappa shape index (κ1) is 12.2. The average molecular weight is 197 g/mol. The number of hydrogen-bond acceptors (Lipinski definition) is 0. The summed E-state index contributed by atoms with van der Waals surface area (Å²) in [7, 11) is 0. The van der Waals surface area contributed by atoms with Crippen LogP contribution < -0.4 is 0 Å². The summed E-state index contributed by atoms with van der Waals surface area (Å²) in [6.45, 7) is 8.04. The molecule has 0 rings (SSSR count). The van der Waals surface area contributed by atoms with Gasteiger partial charge in [-0.3, -0.25) is 0 Å². The predicted octanol–water partition coefficient (Wildman–Crippen LogP) is 4.60. The second-order valence-corrected chi connectivity index (χ2v) is 3.57. The van der Waals surface area contributed by atoms with Crippen LogP contribution in [0.1, 0.15) is 27.7 Å². The Hall–Kier alpha value is -0.750. The molecule has 0 heterocycles. The van der Waals surface area contributed by atoms with Crippen molar-refractivity contribution in [3.63, 3.8) is 0 Å². The molecule has 0 saturated carbocycles. The lowest BCUT2D eigenvalue weighted by Crippen LogP contribution is -1.77. The van der Waals surface area contributed by atoms with Crippen LogP contribution in [0.3, 0.4) is 0 Å². The Morgan fingerprint density at radius 3 is 1.92 bits per heavy atom. The molecule has 0 saturated heterocycles. The summed E-state index contributed by atoms with van der Waals surface area (Å²) in [6, 6.07) is 0. The van der Waals surface area contributed by atoms with Crippen LogP contribution in [-0.2, 0) is 0 Å². The lowest BCUT2D eigenvalue weighted by Gasteiger charge is -1.97. The standard InChI is InChI=1S/C12H17Cl/c1-5-6-7-10(2)11(3)8-9-12(4)13/h5-9H,1-4H3. The maximum absolute atomic E-state index is 5.71. The van der Waals surface area contributed by atoms with Gasteiger partial charge in [0.15, 0.2) is 0 Å². The van der Waals surface area contributed by atoms with Gasteiger partial charge in [-0.1, -0.05) is 35.9 Å². The molecule has 1 heteroatoms. The Labute approximate surface area is 86.3 Å². The maximum Gasteiger partial charge on any atom is 0.0150 e. The van der Waals surface area contributed by atoms with Crippen molar-refractivity contribution in [2.24, 2.45) is 0 Å². The lowest BCUT2D eigenvalue weighted by atomic mass is 10.1. The monoisotopic (exact) mass is 196 g/mol. The van der Waals surface area contributed by atoms with E-state index in [2.05, 4.69) is 19.9 Å². The molecule has 0 aliphatic heterocycles. The van der Waals surface area contributed by atoms with E-state index < -0.39 is 0 Å². The van der Waals surface area contributed by atoms with Crippen LogP contribution >= 0.6 is 11.6 Å². The van der Waals surface area contributed by atoms with E-state index in [1.165, 1.54) is 11.1 Å². The molecule has 0 unspecified atom stereocenters. The van der Waals surface area contributed by atoms with Gasteiger partial charge in [-0.05, 0) is 44.9 Å². The lowest BCUT2D eigenvalue weighted by molar-refractivity contribution is 1.34. The predicted molar refractivity (Wildman–Crippen MR) is 61.9 cm³/mol. The topological polar surface area (TPSA) is 0 Å². The zero-order valence-corrected chi connectivity index (χ0v) is 9.52. The largest absolute Gasteiger partial charge is 0.0895 e. The van der Waals surface area contributed by atoms with Gasteiger partial charge in [0.05, 0.1) is 0 Å². The molecule has 0 aliphatic carbocycles. The van der Waals surface area contributed by atoms with E-state index in [1.54, 1.807) is 0 Å². The van der Waals surface area contributed by atoms with E-state index in [9.17, 15) is 0 Å². The molecule has 0 nitrogen and oxygen atoms in total. The average Bonchev–Trinajstić information content (AvgIpc) is 2.10. The van der Waals surface area contributed by atoms with Crippen molar-refractivity contribution in [2.45, 2.75) is 27.7 Å². The Balaban J connectivity index is 4.50.